The predicted molar refractivity (Wildman–Crippen MR) is 112 cm³/mol. The molecular formula is C18H12BrClN6OS. The van der Waals surface area contributed by atoms with Crippen molar-refractivity contribution >= 4 is 50.1 Å². The molecule has 0 atom stereocenters. The average molecular weight is 476 g/mol. The number of aromatic nitrogens is 5. The number of nitrogens with one attached hydrogen (secondary N) is 1. The van der Waals surface area contributed by atoms with Crippen LogP contribution in [0.25, 0.3) is 17.2 Å². The summed E-state index contributed by atoms with van der Waals surface area (Å²) in [5, 5.41) is 11.8. The lowest BCUT2D eigenvalue weighted by Crippen LogP contribution is -2.12. The summed E-state index contributed by atoms with van der Waals surface area (Å²) in [7, 11) is 0. The Morgan fingerprint density at radius 2 is 1.93 bits per heavy atom. The molecule has 0 spiro atoms. The quantitative estimate of drug-likeness (QED) is 0.460. The fraction of sp³-hybridized carbons (Fsp3) is 0.0556. The largest absolute Gasteiger partial charge is 0.297 e. The van der Waals surface area contributed by atoms with Crippen molar-refractivity contribution in [3.05, 3.63) is 69.3 Å². The number of anilines is 1. The van der Waals surface area contributed by atoms with E-state index in [-0.39, 0.29) is 5.91 Å². The Kier molecular flexibility index (Phi) is 5.21. The molecule has 0 saturated heterocycles. The van der Waals surface area contributed by atoms with E-state index >= 15 is 0 Å². The first-order chi connectivity index (χ1) is 13.5. The second-order valence-corrected chi connectivity index (χ2v) is 7.84. The summed E-state index contributed by atoms with van der Waals surface area (Å²) in [5.74, 6) is 0.0591. The number of halogens is 2. The van der Waals surface area contributed by atoms with Crippen molar-refractivity contribution in [2.24, 2.45) is 0 Å². The maximum absolute atomic E-state index is 12.4. The number of rotatable bonds is 4. The van der Waals surface area contributed by atoms with Gasteiger partial charge in [0.1, 0.15) is 0 Å². The molecule has 0 bridgehead atoms. The van der Waals surface area contributed by atoms with Gasteiger partial charge in [0, 0.05) is 16.0 Å². The van der Waals surface area contributed by atoms with E-state index in [9.17, 15) is 4.79 Å². The van der Waals surface area contributed by atoms with Gasteiger partial charge in [-0.2, -0.15) is 9.36 Å². The van der Waals surface area contributed by atoms with Crippen LogP contribution >= 0.6 is 39.1 Å². The Labute approximate surface area is 177 Å². The first kappa shape index (κ1) is 18.7. The minimum absolute atomic E-state index is 0.344. The number of amides is 1. The van der Waals surface area contributed by atoms with Crippen molar-refractivity contribution in [1.29, 1.82) is 0 Å². The molecule has 2 aromatic heterocycles. The first-order valence-corrected chi connectivity index (χ1v) is 10.1. The maximum Gasteiger partial charge on any atom is 0.258 e. The summed E-state index contributed by atoms with van der Waals surface area (Å²) >= 11 is 10.5. The molecule has 0 saturated carbocycles. The van der Waals surface area contributed by atoms with Crippen LogP contribution in [0.1, 0.15) is 16.1 Å². The second-order valence-electron chi connectivity index (χ2n) is 5.77. The van der Waals surface area contributed by atoms with Crippen LogP contribution in [0.15, 0.2) is 53.0 Å². The summed E-state index contributed by atoms with van der Waals surface area (Å²) in [6.45, 7) is 1.89. The van der Waals surface area contributed by atoms with Crippen molar-refractivity contribution in [3.63, 3.8) is 0 Å². The minimum Gasteiger partial charge on any atom is -0.297 e. The van der Waals surface area contributed by atoms with Crippen molar-refractivity contribution < 1.29 is 4.79 Å². The van der Waals surface area contributed by atoms with Crippen LogP contribution < -0.4 is 5.32 Å². The van der Waals surface area contributed by atoms with E-state index < -0.39 is 0 Å². The van der Waals surface area contributed by atoms with E-state index in [0.29, 0.717) is 27.2 Å². The normalized spacial score (nSPS) is 10.8. The average Bonchev–Trinajstić information content (AvgIpc) is 3.29. The summed E-state index contributed by atoms with van der Waals surface area (Å²) < 4.78 is 6.99. The van der Waals surface area contributed by atoms with Gasteiger partial charge in [0.05, 0.1) is 22.0 Å². The zero-order chi connectivity index (χ0) is 19.7. The molecule has 2 aromatic carbocycles. The number of hydrogen-bond donors (Lipinski definition) is 1. The number of carbonyl (C=O) groups excluding carboxylic acids is 1. The highest BCUT2D eigenvalue weighted by molar-refractivity contribution is 9.10. The van der Waals surface area contributed by atoms with Crippen molar-refractivity contribution in [2.75, 3.05) is 5.32 Å². The summed E-state index contributed by atoms with van der Waals surface area (Å²) in [6.07, 6.45) is 0. The SMILES string of the molecule is Cc1c(-c2nsc(NC(=O)c3ccccc3Cl)n2)nnn1-c1ccc(Br)cc1. The van der Waals surface area contributed by atoms with Crippen LogP contribution in [-0.2, 0) is 0 Å². The zero-order valence-corrected chi connectivity index (χ0v) is 17.6. The highest BCUT2D eigenvalue weighted by atomic mass is 79.9. The van der Waals surface area contributed by atoms with E-state index in [2.05, 4.69) is 40.9 Å². The Morgan fingerprint density at radius 3 is 2.68 bits per heavy atom. The van der Waals surface area contributed by atoms with Crippen LogP contribution in [0.3, 0.4) is 0 Å². The molecule has 7 nitrogen and oxygen atoms in total. The summed E-state index contributed by atoms with van der Waals surface area (Å²) in [5.41, 5.74) is 2.60. The van der Waals surface area contributed by atoms with Gasteiger partial charge in [-0.1, -0.05) is 44.9 Å². The van der Waals surface area contributed by atoms with Crippen LogP contribution in [-0.4, -0.2) is 30.3 Å². The standard InChI is InChI=1S/C18H12BrClN6OS/c1-10-15(23-25-26(10)12-8-6-11(19)7-9-12)16-21-18(28-24-16)22-17(27)13-4-2-3-5-14(13)20/h2-9H,1H3,(H,21,22,24,27). The smallest absolute Gasteiger partial charge is 0.258 e. The van der Waals surface area contributed by atoms with E-state index in [0.717, 1.165) is 27.4 Å². The molecular weight excluding hydrogens is 464 g/mol. The summed E-state index contributed by atoms with van der Waals surface area (Å²) in [6, 6.07) is 14.5. The van der Waals surface area contributed by atoms with Gasteiger partial charge in [-0.15, -0.1) is 5.10 Å². The molecule has 0 aliphatic carbocycles. The molecule has 4 aromatic rings. The lowest BCUT2D eigenvalue weighted by atomic mass is 10.2. The number of carbonyl (C=O) groups is 1. The number of hydrogen-bond acceptors (Lipinski definition) is 6. The van der Waals surface area contributed by atoms with Gasteiger partial charge in [0.2, 0.25) is 5.13 Å². The molecule has 0 radical (unpaired) electrons. The fourth-order valence-electron chi connectivity index (χ4n) is 2.54. The van der Waals surface area contributed by atoms with Gasteiger partial charge in [-0.05, 0) is 43.3 Å². The Balaban J connectivity index is 1.57. The lowest BCUT2D eigenvalue weighted by molar-refractivity contribution is 0.102. The van der Waals surface area contributed by atoms with Crippen LogP contribution in [0.5, 0.6) is 0 Å². The van der Waals surface area contributed by atoms with Crippen molar-refractivity contribution in [2.45, 2.75) is 6.92 Å². The molecule has 1 amide bonds. The van der Waals surface area contributed by atoms with Gasteiger partial charge >= 0.3 is 0 Å². The monoisotopic (exact) mass is 474 g/mol. The lowest BCUT2D eigenvalue weighted by Gasteiger charge is -2.03. The maximum atomic E-state index is 12.4. The fourth-order valence-corrected chi connectivity index (χ4v) is 3.60. The topological polar surface area (TPSA) is 85.6 Å². The Morgan fingerprint density at radius 1 is 1.18 bits per heavy atom. The highest BCUT2D eigenvalue weighted by Crippen LogP contribution is 2.25. The molecule has 0 fully saturated rings. The van der Waals surface area contributed by atoms with E-state index in [1.165, 1.54) is 0 Å². The van der Waals surface area contributed by atoms with Gasteiger partial charge in [0.15, 0.2) is 11.5 Å². The van der Waals surface area contributed by atoms with Crippen molar-refractivity contribution in [1.82, 2.24) is 24.4 Å². The zero-order valence-electron chi connectivity index (χ0n) is 14.4. The van der Waals surface area contributed by atoms with E-state index in [4.69, 9.17) is 11.6 Å². The molecule has 0 aliphatic rings. The van der Waals surface area contributed by atoms with Crippen LogP contribution in [0.4, 0.5) is 5.13 Å². The van der Waals surface area contributed by atoms with Gasteiger partial charge < -0.3 is 0 Å². The Bertz CT molecular complexity index is 1160. The van der Waals surface area contributed by atoms with Gasteiger partial charge in [0.25, 0.3) is 5.91 Å². The minimum atomic E-state index is -0.344. The first-order valence-electron chi connectivity index (χ1n) is 8.11. The van der Waals surface area contributed by atoms with Crippen LogP contribution in [0, 0.1) is 6.92 Å². The van der Waals surface area contributed by atoms with Crippen molar-refractivity contribution in [3.8, 4) is 17.2 Å². The highest BCUT2D eigenvalue weighted by Gasteiger charge is 2.18. The molecule has 140 valence electrons. The molecule has 2 heterocycles. The number of nitrogens with zero attached hydrogens (tertiary/aromatic N) is 5. The van der Waals surface area contributed by atoms with E-state index in [1.54, 1.807) is 28.9 Å². The molecule has 0 unspecified atom stereocenters. The second kappa shape index (κ2) is 7.78. The summed E-state index contributed by atoms with van der Waals surface area (Å²) in [4.78, 5) is 16.7. The Hall–Kier alpha value is -2.62. The van der Waals surface area contributed by atoms with Gasteiger partial charge in [-0.3, -0.25) is 10.1 Å². The number of benzene rings is 2. The molecule has 4 rings (SSSR count). The predicted octanol–water partition coefficient (Wildman–Crippen LogP) is 4.76. The third kappa shape index (κ3) is 3.68. The molecule has 10 heteroatoms. The van der Waals surface area contributed by atoms with Gasteiger partial charge in [-0.25, -0.2) is 4.68 Å². The van der Waals surface area contributed by atoms with Crippen LogP contribution in [0.2, 0.25) is 5.02 Å². The third-order valence-corrected chi connectivity index (χ3v) is 5.43. The molecule has 0 aliphatic heterocycles. The molecule has 1 N–H and O–H groups in total. The van der Waals surface area contributed by atoms with E-state index in [1.807, 2.05) is 31.2 Å². The molecule has 28 heavy (non-hydrogen) atoms. The third-order valence-electron chi connectivity index (χ3n) is 3.94.